The molecule has 1 atom stereocenters. The van der Waals surface area contributed by atoms with Gasteiger partial charge in [0.25, 0.3) is 0 Å². The van der Waals surface area contributed by atoms with Crippen LogP contribution in [0.25, 0.3) is 0 Å². The van der Waals surface area contributed by atoms with Crippen LogP contribution >= 0.6 is 0 Å². The Morgan fingerprint density at radius 2 is 1.89 bits per heavy atom. The topological polar surface area (TPSA) is 61.6 Å². The molecule has 1 unspecified atom stereocenters. The quantitative estimate of drug-likeness (QED) is 0.678. The van der Waals surface area contributed by atoms with Crippen molar-refractivity contribution in [1.29, 1.82) is 0 Å². The Labute approximate surface area is 110 Å². The fourth-order valence-corrected chi connectivity index (χ4v) is 2.64. The molecule has 0 bridgehead atoms. The lowest BCUT2D eigenvalue weighted by Gasteiger charge is -2.36. The summed E-state index contributed by atoms with van der Waals surface area (Å²) >= 11 is 0. The van der Waals surface area contributed by atoms with Crippen molar-refractivity contribution in [2.45, 2.75) is 44.8 Å². The highest BCUT2D eigenvalue weighted by Gasteiger charge is 2.32. The number of carbonyl (C=O) groups is 1. The smallest absolute Gasteiger partial charge is 0.235 e. The van der Waals surface area contributed by atoms with E-state index in [0.717, 1.165) is 38.8 Å². The first-order chi connectivity index (χ1) is 8.56. The predicted octanol–water partition coefficient (Wildman–Crippen LogP) is -0.382. The zero-order valence-corrected chi connectivity index (χ0v) is 11.6. The first kappa shape index (κ1) is 13.8. The highest BCUT2D eigenvalue weighted by atomic mass is 16.1. The number of carbonyl (C=O) groups excluding carboxylic acids is 1. The fourth-order valence-electron chi connectivity index (χ4n) is 2.64. The fraction of sp³-hybridized carbons (Fsp3) is 0.923. The predicted molar refractivity (Wildman–Crippen MR) is 72.3 cm³/mol. The summed E-state index contributed by atoms with van der Waals surface area (Å²) in [6.07, 6.45) is 2.75. The molecule has 0 aromatic heterocycles. The molecule has 5 nitrogen and oxygen atoms in total. The molecule has 1 aliphatic heterocycles. The Bertz CT molecular complexity index is 283. The van der Waals surface area contributed by atoms with E-state index < -0.39 is 0 Å². The summed E-state index contributed by atoms with van der Waals surface area (Å²) in [5.74, 6) is -0.242. The molecule has 1 saturated carbocycles. The van der Waals surface area contributed by atoms with Gasteiger partial charge in [-0.2, -0.15) is 0 Å². The second kappa shape index (κ2) is 5.99. The van der Waals surface area contributed by atoms with Crippen LogP contribution in [0.1, 0.15) is 26.7 Å². The lowest BCUT2D eigenvalue weighted by Crippen LogP contribution is -2.55. The van der Waals surface area contributed by atoms with Crippen molar-refractivity contribution in [2.24, 2.45) is 5.73 Å². The molecule has 2 rings (SSSR count). The monoisotopic (exact) mass is 254 g/mol. The third kappa shape index (κ3) is 3.93. The van der Waals surface area contributed by atoms with Gasteiger partial charge in [-0.1, -0.05) is 13.8 Å². The molecule has 5 heteroatoms. The van der Waals surface area contributed by atoms with Crippen LogP contribution in [-0.2, 0) is 4.79 Å². The second-order valence-electron chi connectivity index (χ2n) is 5.84. The van der Waals surface area contributed by atoms with Gasteiger partial charge in [-0.05, 0) is 12.8 Å². The number of hydrogen-bond donors (Lipinski definition) is 2. The van der Waals surface area contributed by atoms with E-state index in [2.05, 4.69) is 15.1 Å². The zero-order chi connectivity index (χ0) is 13.1. The van der Waals surface area contributed by atoms with Gasteiger partial charge in [0.2, 0.25) is 5.91 Å². The van der Waals surface area contributed by atoms with Crippen LogP contribution in [0.2, 0.25) is 0 Å². The van der Waals surface area contributed by atoms with Crippen LogP contribution < -0.4 is 11.1 Å². The molecule has 104 valence electrons. The Kier molecular flexibility index (Phi) is 4.59. The van der Waals surface area contributed by atoms with Crippen molar-refractivity contribution < 1.29 is 4.79 Å². The van der Waals surface area contributed by atoms with Gasteiger partial charge in [0.1, 0.15) is 0 Å². The van der Waals surface area contributed by atoms with E-state index in [1.165, 1.54) is 12.8 Å². The van der Waals surface area contributed by atoms with Crippen molar-refractivity contribution >= 4 is 5.91 Å². The van der Waals surface area contributed by atoms with Gasteiger partial charge in [-0.3, -0.25) is 14.6 Å². The molecule has 0 aromatic rings. The molecule has 2 aliphatic rings. The van der Waals surface area contributed by atoms with Gasteiger partial charge in [0, 0.05) is 44.8 Å². The zero-order valence-electron chi connectivity index (χ0n) is 11.6. The summed E-state index contributed by atoms with van der Waals surface area (Å²) in [6.45, 7) is 9.21. The number of amides is 1. The van der Waals surface area contributed by atoms with Gasteiger partial charge in [0.05, 0.1) is 6.04 Å². The molecular formula is C13H26N4O. The van der Waals surface area contributed by atoms with Gasteiger partial charge in [-0.25, -0.2) is 0 Å². The molecule has 1 heterocycles. The molecule has 3 N–H and O–H groups in total. The molecule has 0 spiro atoms. The van der Waals surface area contributed by atoms with Crippen LogP contribution in [0, 0.1) is 0 Å². The van der Waals surface area contributed by atoms with Crippen LogP contribution in [0.4, 0.5) is 0 Å². The molecule has 0 aromatic carbocycles. The molecule has 1 aliphatic carbocycles. The van der Waals surface area contributed by atoms with Crippen molar-refractivity contribution in [1.82, 2.24) is 15.1 Å². The van der Waals surface area contributed by atoms with Crippen LogP contribution in [-0.4, -0.2) is 66.6 Å². The molecule has 18 heavy (non-hydrogen) atoms. The Morgan fingerprint density at radius 1 is 1.28 bits per heavy atom. The number of nitrogens with zero attached hydrogens (tertiary/aromatic N) is 2. The van der Waals surface area contributed by atoms with Crippen LogP contribution in [0.15, 0.2) is 0 Å². The summed E-state index contributed by atoms with van der Waals surface area (Å²) in [5, 5.41) is 3.24. The average molecular weight is 254 g/mol. The van der Waals surface area contributed by atoms with Crippen LogP contribution in [0.3, 0.4) is 0 Å². The van der Waals surface area contributed by atoms with Gasteiger partial charge < -0.3 is 11.1 Å². The maximum atomic E-state index is 11.4. The second-order valence-corrected chi connectivity index (χ2v) is 5.84. The SMILES string of the molecule is CC(C)NC(CN1CCN(C2CC2)CC1)C(N)=O. The highest BCUT2D eigenvalue weighted by Crippen LogP contribution is 2.27. The molecule has 1 saturated heterocycles. The van der Waals surface area contributed by atoms with Crippen molar-refractivity contribution in [2.75, 3.05) is 32.7 Å². The number of nitrogens with two attached hydrogens (primary N) is 1. The summed E-state index contributed by atoms with van der Waals surface area (Å²) < 4.78 is 0. The largest absolute Gasteiger partial charge is 0.368 e. The molecule has 2 fully saturated rings. The summed E-state index contributed by atoms with van der Waals surface area (Å²) in [6, 6.07) is 0.917. The molecule has 1 amide bonds. The highest BCUT2D eigenvalue weighted by molar-refractivity contribution is 5.80. The minimum absolute atomic E-state index is 0.225. The van der Waals surface area contributed by atoms with E-state index in [-0.39, 0.29) is 18.0 Å². The standard InChI is InChI=1S/C13H26N4O/c1-10(2)15-12(13(14)18)9-16-5-7-17(8-6-16)11-3-4-11/h10-12,15H,3-9H2,1-2H3,(H2,14,18). The Morgan fingerprint density at radius 3 is 2.33 bits per heavy atom. The summed E-state index contributed by atoms with van der Waals surface area (Å²) in [4.78, 5) is 16.3. The number of piperazine rings is 1. The molecular weight excluding hydrogens is 228 g/mol. The van der Waals surface area contributed by atoms with Crippen LogP contribution in [0.5, 0.6) is 0 Å². The Balaban J connectivity index is 1.75. The van der Waals surface area contributed by atoms with E-state index >= 15 is 0 Å². The maximum Gasteiger partial charge on any atom is 0.235 e. The van der Waals surface area contributed by atoms with E-state index in [4.69, 9.17) is 5.73 Å². The van der Waals surface area contributed by atoms with Crippen molar-refractivity contribution in [3.05, 3.63) is 0 Å². The lowest BCUT2D eigenvalue weighted by molar-refractivity contribution is -0.120. The minimum Gasteiger partial charge on any atom is -0.368 e. The number of nitrogens with one attached hydrogen (secondary N) is 1. The lowest BCUT2D eigenvalue weighted by atomic mass is 10.2. The third-order valence-corrected chi connectivity index (χ3v) is 3.79. The van der Waals surface area contributed by atoms with E-state index in [0.29, 0.717) is 0 Å². The maximum absolute atomic E-state index is 11.4. The van der Waals surface area contributed by atoms with E-state index in [1.807, 2.05) is 13.8 Å². The third-order valence-electron chi connectivity index (χ3n) is 3.79. The first-order valence-corrected chi connectivity index (χ1v) is 7.08. The van der Waals surface area contributed by atoms with Crippen molar-refractivity contribution in [3.8, 4) is 0 Å². The Hall–Kier alpha value is -0.650. The number of rotatable bonds is 6. The first-order valence-electron chi connectivity index (χ1n) is 7.08. The molecule has 0 radical (unpaired) electrons. The summed E-state index contributed by atoms with van der Waals surface area (Å²) in [7, 11) is 0. The van der Waals surface area contributed by atoms with Crippen molar-refractivity contribution in [3.63, 3.8) is 0 Å². The van der Waals surface area contributed by atoms with E-state index in [9.17, 15) is 4.79 Å². The minimum atomic E-state index is -0.242. The average Bonchev–Trinajstić information content (AvgIpc) is 3.12. The normalized spacial score (nSPS) is 24.4. The summed E-state index contributed by atoms with van der Waals surface area (Å²) in [5.41, 5.74) is 5.45. The van der Waals surface area contributed by atoms with E-state index in [1.54, 1.807) is 0 Å². The number of primary amides is 1. The van der Waals surface area contributed by atoms with Gasteiger partial charge in [0.15, 0.2) is 0 Å². The number of hydrogen-bond acceptors (Lipinski definition) is 4. The van der Waals surface area contributed by atoms with Gasteiger partial charge >= 0.3 is 0 Å². The van der Waals surface area contributed by atoms with Gasteiger partial charge in [-0.15, -0.1) is 0 Å².